The van der Waals surface area contributed by atoms with Crippen molar-refractivity contribution in [3.05, 3.63) is 16.1 Å². The Labute approximate surface area is 129 Å². The Morgan fingerprint density at radius 3 is 2.57 bits per heavy atom. The van der Waals surface area contributed by atoms with Crippen LogP contribution >= 0.6 is 11.3 Å². The Balaban J connectivity index is 1.99. The Morgan fingerprint density at radius 1 is 1.38 bits per heavy atom. The molecule has 1 aliphatic heterocycles. The van der Waals surface area contributed by atoms with Crippen LogP contribution in [0.25, 0.3) is 0 Å². The maximum Gasteiger partial charge on any atom is 0.219 e. The quantitative estimate of drug-likeness (QED) is 0.670. The minimum absolute atomic E-state index is 0.150. The Bertz CT molecular complexity index is 505. The Kier molecular flexibility index (Phi) is 5.55. The topological polar surface area (TPSA) is 60.8 Å². The lowest BCUT2D eigenvalue weighted by atomic mass is 10.3. The number of hydrogen-bond donors (Lipinski definition) is 1. The lowest BCUT2D eigenvalue weighted by molar-refractivity contribution is -0.130. The second-order valence-corrected chi connectivity index (χ2v) is 5.96. The van der Waals surface area contributed by atoms with Gasteiger partial charge in [-0.3, -0.25) is 4.79 Å². The van der Waals surface area contributed by atoms with Crippen molar-refractivity contribution < 1.29 is 4.79 Å². The molecule has 1 aromatic heterocycles. The molecule has 0 spiro atoms. The van der Waals surface area contributed by atoms with Gasteiger partial charge >= 0.3 is 0 Å². The average molecular weight is 309 g/mol. The van der Waals surface area contributed by atoms with Gasteiger partial charge in [0.25, 0.3) is 0 Å². The minimum atomic E-state index is 0.150. The van der Waals surface area contributed by atoms with E-state index in [0.29, 0.717) is 6.54 Å². The summed E-state index contributed by atoms with van der Waals surface area (Å²) in [7, 11) is 0. The summed E-state index contributed by atoms with van der Waals surface area (Å²) in [6.07, 6.45) is 0. The largest absolute Gasteiger partial charge is 0.357 e. The maximum atomic E-state index is 11.4. The van der Waals surface area contributed by atoms with E-state index in [4.69, 9.17) is 4.99 Å². The van der Waals surface area contributed by atoms with Crippen molar-refractivity contribution in [3.8, 4) is 0 Å². The summed E-state index contributed by atoms with van der Waals surface area (Å²) >= 11 is 1.64. The van der Waals surface area contributed by atoms with Crippen molar-refractivity contribution in [1.29, 1.82) is 0 Å². The Morgan fingerprint density at radius 2 is 2.05 bits per heavy atom. The molecule has 0 saturated carbocycles. The molecule has 2 heterocycles. The van der Waals surface area contributed by atoms with Gasteiger partial charge in [0.1, 0.15) is 0 Å². The van der Waals surface area contributed by atoms with E-state index in [9.17, 15) is 4.79 Å². The van der Waals surface area contributed by atoms with Crippen LogP contribution < -0.4 is 5.32 Å². The van der Waals surface area contributed by atoms with Crippen LogP contribution in [0.1, 0.15) is 24.4 Å². The number of thiazole rings is 1. The predicted octanol–water partition coefficient (Wildman–Crippen LogP) is 1.08. The van der Waals surface area contributed by atoms with Gasteiger partial charge in [0, 0.05) is 44.5 Å². The first kappa shape index (κ1) is 15.8. The molecule has 2 rings (SSSR count). The third-order valence-corrected chi connectivity index (χ3v) is 4.50. The number of carbonyl (C=O) groups excluding carboxylic acids is 1. The van der Waals surface area contributed by atoms with Gasteiger partial charge in [0.2, 0.25) is 5.91 Å². The number of nitrogens with one attached hydrogen (secondary N) is 1. The minimum Gasteiger partial charge on any atom is -0.357 e. The van der Waals surface area contributed by atoms with Gasteiger partial charge in [-0.1, -0.05) is 0 Å². The van der Waals surface area contributed by atoms with E-state index in [1.54, 1.807) is 18.3 Å². The average Bonchev–Trinajstić information content (AvgIpc) is 2.89. The smallest absolute Gasteiger partial charge is 0.219 e. The predicted molar refractivity (Wildman–Crippen MR) is 85.5 cm³/mol. The highest BCUT2D eigenvalue weighted by Gasteiger charge is 2.20. The van der Waals surface area contributed by atoms with E-state index in [-0.39, 0.29) is 5.91 Å². The van der Waals surface area contributed by atoms with Crippen LogP contribution in [0.4, 0.5) is 0 Å². The van der Waals surface area contributed by atoms with Gasteiger partial charge in [-0.15, -0.1) is 11.3 Å². The van der Waals surface area contributed by atoms with Gasteiger partial charge in [-0.05, 0) is 13.8 Å². The molecule has 1 N–H and O–H groups in total. The zero-order valence-corrected chi connectivity index (χ0v) is 13.7. The number of amides is 1. The molecule has 0 aromatic carbocycles. The summed E-state index contributed by atoms with van der Waals surface area (Å²) in [6, 6.07) is 0. The number of aromatic nitrogens is 1. The third-order valence-electron chi connectivity index (χ3n) is 3.58. The standard InChI is InChI=1S/C14H23N5OS/c1-4-15-14(16-9-13-11(2)17-10-21-13)19-7-5-18(6-8-19)12(3)20/h10H,4-9H2,1-3H3,(H,15,16). The SMILES string of the molecule is CCNC(=NCc1scnc1C)N1CCN(C(C)=O)CC1. The second kappa shape index (κ2) is 7.40. The van der Waals surface area contributed by atoms with E-state index < -0.39 is 0 Å². The normalized spacial score (nSPS) is 16.2. The summed E-state index contributed by atoms with van der Waals surface area (Å²) in [6.45, 7) is 10.4. The van der Waals surface area contributed by atoms with Crippen molar-refractivity contribution in [2.45, 2.75) is 27.3 Å². The van der Waals surface area contributed by atoms with Gasteiger partial charge in [-0.2, -0.15) is 0 Å². The number of rotatable bonds is 3. The van der Waals surface area contributed by atoms with Crippen LogP contribution in [0.2, 0.25) is 0 Å². The van der Waals surface area contributed by atoms with E-state index >= 15 is 0 Å². The summed E-state index contributed by atoms with van der Waals surface area (Å²) in [5.74, 6) is 1.07. The van der Waals surface area contributed by atoms with Crippen molar-refractivity contribution in [2.24, 2.45) is 4.99 Å². The molecule has 21 heavy (non-hydrogen) atoms. The number of nitrogens with zero attached hydrogens (tertiary/aromatic N) is 4. The molecule has 1 aromatic rings. The zero-order valence-electron chi connectivity index (χ0n) is 12.9. The second-order valence-electron chi connectivity index (χ2n) is 5.02. The van der Waals surface area contributed by atoms with Crippen LogP contribution in [-0.4, -0.2) is 59.4 Å². The van der Waals surface area contributed by atoms with Crippen LogP contribution in [0.15, 0.2) is 10.5 Å². The molecule has 1 saturated heterocycles. The number of piperazine rings is 1. The highest BCUT2D eigenvalue weighted by molar-refractivity contribution is 7.09. The van der Waals surface area contributed by atoms with Gasteiger partial charge in [0.15, 0.2) is 5.96 Å². The van der Waals surface area contributed by atoms with Gasteiger partial charge < -0.3 is 15.1 Å². The zero-order chi connectivity index (χ0) is 15.2. The molecule has 1 fully saturated rings. The third kappa shape index (κ3) is 4.17. The highest BCUT2D eigenvalue weighted by atomic mass is 32.1. The monoisotopic (exact) mass is 309 g/mol. The van der Waals surface area contributed by atoms with Crippen LogP contribution in [0.5, 0.6) is 0 Å². The van der Waals surface area contributed by atoms with Crippen LogP contribution in [-0.2, 0) is 11.3 Å². The molecular formula is C14H23N5OS. The molecular weight excluding hydrogens is 286 g/mol. The van der Waals surface area contributed by atoms with Gasteiger partial charge in [0.05, 0.1) is 17.7 Å². The van der Waals surface area contributed by atoms with E-state index in [2.05, 4.69) is 22.1 Å². The Hall–Kier alpha value is -1.63. The van der Waals surface area contributed by atoms with Crippen LogP contribution in [0, 0.1) is 6.92 Å². The maximum absolute atomic E-state index is 11.4. The molecule has 0 unspecified atom stereocenters. The van der Waals surface area contributed by atoms with E-state index in [1.807, 2.05) is 17.3 Å². The molecule has 6 nitrogen and oxygen atoms in total. The number of carbonyl (C=O) groups is 1. The lowest BCUT2D eigenvalue weighted by Gasteiger charge is -2.36. The number of hydrogen-bond acceptors (Lipinski definition) is 4. The molecule has 1 amide bonds. The highest BCUT2D eigenvalue weighted by Crippen LogP contribution is 2.13. The molecule has 7 heteroatoms. The summed E-state index contributed by atoms with van der Waals surface area (Å²) in [4.78, 5) is 25.6. The first-order valence-electron chi connectivity index (χ1n) is 7.29. The van der Waals surface area contributed by atoms with E-state index in [1.165, 1.54) is 4.88 Å². The molecule has 0 bridgehead atoms. The number of aryl methyl sites for hydroxylation is 1. The molecule has 116 valence electrons. The fraction of sp³-hybridized carbons (Fsp3) is 0.643. The fourth-order valence-electron chi connectivity index (χ4n) is 2.28. The van der Waals surface area contributed by atoms with Crippen molar-refractivity contribution in [3.63, 3.8) is 0 Å². The molecule has 0 radical (unpaired) electrons. The molecule has 1 aliphatic rings. The van der Waals surface area contributed by atoms with Crippen molar-refractivity contribution in [2.75, 3.05) is 32.7 Å². The summed E-state index contributed by atoms with van der Waals surface area (Å²) < 4.78 is 0. The summed E-state index contributed by atoms with van der Waals surface area (Å²) in [5, 5.41) is 3.33. The van der Waals surface area contributed by atoms with Crippen LogP contribution in [0.3, 0.4) is 0 Å². The first-order valence-corrected chi connectivity index (χ1v) is 8.17. The van der Waals surface area contributed by atoms with E-state index in [0.717, 1.165) is 44.4 Å². The summed E-state index contributed by atoms with van der Waals surface area (Å²) in [5.41, 5.74) is 2.92. The van der Waals surface area contributed by atoms with Crippen molar-refractivity contribution in [1.82, 2.24) is 20.1 Å². The van der Waals surface area contributed by atoms with Crippen molar-refractivity contribution >= 4 is 23.2 Å². The van der Waals surface area contributed by atoms with Gasteiger partial charge in [-0.25, -0.2) is 9.98 Å². The lowest BCUT2D eigenvalue weighted by Crippen LogP contribution is -2.53. The number of guanidine groups is 1. The number of aliphatic imine (C=N–C) groups is 1. The molecule has 0 aliphatic carbocycles. The molecule has 0 atom stereocenters. The first-order chi connectivity index (χ1) is 10.1. The fourth-order valence-corrected chi connectivity index (χ4v) is 2.98.